The van der Waals surface area contributed by atoms with E-state index in [1.807, 2.05) is 19.9 Å². The van der Waals surface area contributed by atoms with Crippen LogP contribution in [0.1, 0.15) is 19.1 Å². The Morgan fingerprint density at radius 1 is 1.39 bits per heavy atom. The van der Waals surface area contributed by atoms with Crippen molar-refractivity contribution in [1.82, 2.24) is 15.0 Å². The van der Waals surface area contributed by atoms with Gasteiger partial charge in [0.1, 0.15) is 5.76 Å². The largest absolute Gasteiger partial charge is 0.468 e. The molecule has 0 spiro atoms. The number of ether oxygens (including phenoxy) is 1. The Balaban J connectivity index is 2.17. The lowest BCUT2D eigenvalue weighted by molar-refractivity contribution is 0.288. The van der Waals surface area contributed by atoms with Gasteiger partial charge in [0.15, 0.2) is 5.16 Å². The van der Waals surface area contributed by atoms with E-state index in [0.717, 1.165) is 17.1 Å². The first-order valence-electron chi connectivity index (χ1n) is 5.45. The average molecular weight is 286 g/mol. The van der Waals surface area contributed by atoms with Crippen molar-refractivity contribution in [2.45, 2.75) is 30.3 Å². The Morgan fingerprint density at radius 2 is 2.22 bits per heavy atom. The van der Waals surface area contributed by atoms with Crippen LogP contribution in [0.4, 0.5) is 0 Å². The monoisotopic (exact) mass is 285 g/mol. The highest BCUT2D eigenvalue weighted by atomic mass is 35.5. The van der Waals surface area contributed by atoms with Gasteiger partial charge in [-0.05, 0) is 42.8 Å². The second-order valence-corrected chi connectivity index (χ2v) is 4.81. The van der Waals surface area contributed by atoms with E-state index < -0.39 is 0 Å². The predicted molar refractivity (Wildman–Crippen MR) is 68.2 cm³/mol. The lowest BCUT2D eigenvalue weighted by atomic mass is 10.5. The van der Waals surface area contributed by atoms with Gasteiger partial charge < -0.3 is 9.15 Å². The van der Waals surface area contributed by atoms with Crippen LogP contribution in [0.3, 0.4) is 0 Å². The van der Waals surface area contributed by atoms with Crippen LogP contribution in [0, 0.1) is 6.92 Å². The lowest BCUT2D eigenvalue weighted by Crippen LogP contribution is -2.02. The van der Waals surface area contributed by atoms with Gasteiger partial charge in [0.25, 0.3) is 0 Å². The summed E-state index contributed by atoms with van der Waals surface area (Å²) in [6.45, 7) is 4.43. The number of aromatic nitrogens is 3. The van der Waals surface area contributed by atoms with Crippen LogP contribution in [0.5, 0.6) is 6.01 Å². The summed E-state index contributed by atoms with van der Waals surface area (Å²) in [5, 5.41) is 0.616. The Morgan fingerprint density at radius 3 is 2.89 bits per heavy atom. The molecule has 18 heavy (non-hydrogen) atoms. The molecule has 0 aliphatic rings. The summed E-state index contributed by atoms with van der Waals surface area (Å²) < 4.78 is 10.5. The number of hydrogen-bond acceptors (Lipinski definition) is 6. The molecule has 7 heteroatoms. The van der Waals surface area contributed by atoms with E-state index in [0.29, 0.717) is 11.8 Å². The molecule has 2 aromatic heterocycles. The fourth-order valence-corrected chi connectivity index (χ4v) is 2.17. The quantitative estimate of drug-likeness (QED) is 0.839. The molecule has 2 aromatic rings. The number of rotatable bonds is 5. The molecule has 2 rings (SSSR count). The molecule has 0 N–H and O–H groups in total. The van der Waals surface area contributed by atoms with Gasteiger partial charge in [0, 0.05) is 0 Å². The van der Waals surface area contributed by atoms with Crippen molar-refractivity contribution in [3.63, 3.8) is 0 Å². The van der Waals surface area contributed by atoms with E-state index in [9.17, 15) is 0 Å². The summed E-state index contributed by atoms with van der Waals surface area (Å²) >= 11 is 7.19. The first-order chi connectivity index (χ1) is 8.69. The highest BCUT2D eigenvalue weighted by molar-refractivity contribution is 7.99. The highest BCUT2D eigenvalue weighted by Gasteiger charge is 2.10. The van der Waals surface area contributed by atoms with Gasteiger partial charge in [-0.25, -0.2) is 0 Å². The summed E-state index contributed by atoms with van der Waals surface area (Å²) in [4.78, 5) is 13.1. The Hall–Kier alpha value is -1.27. The van der Waals surface area contributed by atoms with Crippen LogP contribution in [-0.2, 0) is 0 Å². The van der Waals surface area contributed by atoms with Crippen molar-refractivity contribution in [2.24, 2.45) is 0 Å². The maximum Gasteiger partial charge on any atom is 0.321 e. The minimum Gasteiger partial charge on any atom is -0.468 e. The van der Waals surface area contributed by atoms with Crippen molar-refractivity contribution in [3.8, 4) is 6.01 Å². The van der Waals surface area contributed by atoms with Gasteiger partial charge in [-0.3, -0.25) is 0 Å². The van der Waals surface area contributed by atoms with Crippen molar-refractivity contribution in [1.29, 1.82) is 0 Å². The molecule has 0 fully saturated rings. The zero-order chi connectivity index (χ0) is 13.0. The lowest BCUT2D eigenvalue weighted by Gasteiger charge is -2.04. The number of furan rings is 1. The maximum atomic E-state index is 5.83. The molecule has 0 amide bonds. The molecule has 0 bridgehead atoms. The third-order valence-corrected chi connectivity index (χ3v) is 3.19. The first-order valence-corrected chi connectivity index (χ1v) is 6.65. The zero-order valence-electron chi connectivity index (χ0n) is 10.0. The molecule has 0 unspecified atom stereocenters. The van der Waals surface area contributed by atoms with Crippen LogP contribution in [-0.4, -0.2) is 21.6 Å². The molecule has 96 valence electrons. The number of halogens is 1. The van der Waals surface area contributed by atoms with Crippen LogP contribution < -0.4 is 4.74 Å². The maximum absolute atomic E-state index is 5.83. The fourth-order valence-electron chi connectivity index (χ4n) is 1.20. The van der Waals surface area contributed by atoms with Crippen LogP contribution in [0.2, 0.25) is 5.28 Å². The summed E-state index contributed by atoms with van der Waals surface area (Å²) in [6, 6.07) is 2.10. The standard InChI is InChI=1S/C11H12ClN3O2S/c1-3-5-17-10-13-9(12)14-11(15-10)18-8-4-6-16-7(8)2/h4,6H,3,5H2,1-2H3. The third kappa shape index (κ3) is 3.36. The van der Waals surface area contributed by atoms with E-state index in [1.54, 1.807) is 6.26 Å². The fraction of sp³-hybridized carbons (Fsp3) is 0.364. The smallest absolute Gasteiger partial charge is 0.321 e. The molecule has 5 nitrogen and oxygen atoms in total. The Kier molecular flexibility index (Phi) is 4.43. The topological polar surface area (TPSA) is 61.0 Å². The second kappa shape index (κ2) is 6.06. The number of nitrogens with zero attached hydrogens (tertiary/aromatic N) is 3. The Labute approximate surface area is 114 Å². The van der Waals surface area contributed by atoms with E-state index in [-0.39, 0.29) is 11.3 Å². The molecular formula is C11H12ClN3O2S. The highest BCUT2D eigenvalue weighted by Crippen LogP contribution is 2.29. The van der Waals surface area contributed by atoms with Crippen molar-refractivity contribution < 1.29 is 9.15 Å². The van der Waals surface area contributed by atoms with Gasteiger partial charge in [-0.2, -0.15) is 15.0 Å². The van der Waals surface area contributed by atoms with Gasteiger partial charge in [-0.1, -0.05) is 6.92 Å². The van der Waals surface area contributed by atoms with Crippen LogP contribution in [0.15, 0.2) is 26.8 Å². The molecule has 0 radical (unpaired) electrons. The molecule has 0 saturated carbocycles. The SMILES string of the molecule is CCCOc1nc(Cl)nc(Sc2ccoc2C)n1. The molecule has 2 heterocycles. The summed E-state index contributed by atoms with van der Waals surface area (Å²) in [5.41, 5.74) is 0. The Bertz CT molecular complexity index is 533. The number of hydrogen-bond donors (Lipinski definition) is 0. The summed E-state index contributed by atoms with van der Waals surface area (Å²) in [5.74, 6) is 0.813. The normalized spacial score (nSPS) is 10.6. The van der Waals surface area contributed by atoms with E-state index in [4.69, 9.17) is 20.8 Å². The molecule has 0 saturated heterocycles. The second-order valence-electron chi connectivity index (χ2n) is 3.46. The third-order valence-electron chi connectivity index (χ3n) is 2.01. The molecule has 0 aliphatic carbocycles. The van der Waals surface area contributed by atoms with E-state index >= 15 is 0 Å². The minimum absolute atomic E-state index is 0.125. The van der Waals surface area contributed by atoms with E-state index in [2.05, 4.69) is 15.0 Å². The first kappa shape index (κ1) is 13.2. The van der Waals surface area contributed by atoms with Gasteiger partial charge in [0.2, 0.25) is 5.28 Å². The molecule has 0 atom stereocenters. The predicted octanol–water partition coefficient (Wildman–Crippen LogP) is 3.37. The van der Waals surface area contributed by atoms with Gasteiger partial charge in [0.05, 0.1) is 17.8 Å². The van der Waals surface area contributed by atoms with Crippen molar-refractivity contribution >= 4 is 23.4 Å². The van der Waals surface area contributed by atoms with Gasteiger partial charge >= 0.3 is 6.01 Å². The summed E-state index contributed by atoms with van der Waals surface area (Å²) in [7, 11) is 0. The molecule has 0 aromatic carbocycles. The van der Waals surface area contributed by atoms with E-state index in [1.165, 1.54) is 11.8 Å². The zero-order valence-corrected chi connectivity index (χ0v) is 11.6. The van der Waals surface area contributed by atoms with Gasteiger partial charge in [-0.15, -0.1) is 0 Å². The van der Waals surface area contributed by atoms with Crippen molar-refractivity contribution in [2.75, 3.05) is 6.61 Å². The van der Waals surface area contributed by atoms with Crippen LogP contribution >= 0.6 is 23.4 Å². The van der Waals surface area contributed by atoms with Crippen LogP contribution in [0.25, 0.3) is 0 Å². The van der Waals surface area contributed by atoms with Crippen molar-refractivity contribution in [3.05, 3.63) is 23.4 Å². The number of aryl methyl sites for hydroxylation is 1. The minimum atomic E-state index is 0.125. The summed E-state index contributed by atoms with van der Waals surface area (Å²) in [6.07, 6.45) is 2.50. The molecular weight excluding hydrogens is 274 g/mol. The molecule has 0 aliphatic heterocycles. The average Bonchev–Trinajstić information content (AvgIpc) is 2.72.